The van der Waals surface area contributed by atoms with E-state index in [0.717, 1.165) is 28.2 Å². The van der Waals surface area contributed by atoms with Crippen LogP contribution >= 0.6 is 15.9 Å². The summed E-state index contributed by atoms with van der Waals surface area (Å²) < 4.78 is 0. The number of nitrogen functional groups attached to an aromatic ring is 1. The van der Waals surface area contributed by atoms with Gasteiger partial charge in [0.2, 0.25) is 0 Å². The van der Waals surface area contributed by atoms with Crippen molar-refractivity contribution in [3.63, 3.8) is 0 Å². The minimum Gasteiger partial charge on any atom is -0.383 e. The van der Waals surface area contributed by atoms with Crippen LogP contribution in [-0.4, -0.2) is 15.3 Å². The molecule has 2 rings (SSSR count). The molecule has 4 heteroatoms. The van der Waals surface area contributed by atoms with Crippen molar-refractivity contribution in [2.75, 3.05) is 11.1 Å². The van der Waals surface area contributed by atoms with E-state index in [4.69, 9.17) is 5.73 Å². The van der Waals surface area contributed by atoms with E-state index < -0.39 is 0 Å². The fourth-order valence-electron chi connectivity index (χ4n) is 1.48. The third kappa shape index (κ3) is 2.39. The molecule has 0 aliphatic heterocycles. The van der Waals surface area contributed by atoms with Crippen LogP contribution in [0.3, 0.4) is 0 Å². The lowest BCUT2D eigenvalue weighted by molar-refractivity contribution is 1.23. The molecule has 3 nitrogen and oxygen atoms in total. The number of halogens is 1. The number of alkyl halides is 1. The molecule has 0 radical (unpaired) electrons. The summed E-state index contributed by atoms with van der Waals surface area (Å²) in [6.45, 7) is 0. The predicted octanol–water partition coefficient (Wildman–Crippen LogP) is 3.01. The van der Waals surface area contributed by atoms with Gasteiger partial charge in [-0.1, -0.05) is 34.1 Å². The summed E-state index contributed by atoms with van der Waals surface area (Å²) in [5.74, 6) is 0.528. The first-order chi connectivity index (χ1) is 7.81. The second-order valence-electron chi connectivity index (χ2n) is 3.42. The summed E-state index contributed by atoms with van der Waals surface area (Å²) in [6, 6.07) is 6.00. The van der Waals surface area contributed by atoms with Gasteiger partial charge in [-0.15, -0.1) is 0 Å². The first-order valence-corrected chi connectivity index (χ1v) is 6.16. The number of nitrogens with zero attached hydrogens (tertiary/aromatic N) is 2. The van der Waals surface area contributed by atoms with Crippen LogP contribution in [-0.2, 0) is 0 Å². The Kier molecular flexibility index (Phi) is 3.51. The second-order valence-corrected chi connectivity index (χ2v) is 4.21. The molecule has 0 saturated heterocycles. The predicted molar refractivity (Wildman–Crippen MR) is 71.4 cm³/mol. The number of benzene rings is 1. The second kappa shape index (κ2) is 5.07. The topological polar surface area (TPSA) is 51.8 Å². The van der Waals surface area contributed by atoms with Gasteiger partial charge in [0.1, 0.15) is 12.1 Å². The van der Waals surface area contributed by atoms with Crippen molar-refractivity contribution in [1.29, 1.82) is 0 Å². The van der Waals surface area contributed by atoms with E-state index in [1.54, 1.807) is 0 Å². The Morgan fingerprint density at radius 1 is 1.31 bits per heavy atom. The fraction of sp³-hybridized carbons (Fsp3) is 0.167. The highest BCUT2D eigenvalue weighted by molar-refractivity contribution is 9.09. The van der Waals surface area contributed by atoms with Crippen LogP contribution in [0.15, 0.2) is 30.6 Å². The fourth-order valence-corrected chi connectivity index (χ4v) is 1.74. The SMILES string of the molecule is Nc1ncnc2ccc(C=CCCBr)cc12. The van der Waals surface area contributed by atoms with Gasteiger partial charge >= 0.3 is 0 Å². The average molecular weight is 278 g/mol. The minimum atomic E-state index is 0.528. The summed E-state index contributed by atoms with van der Waals surface area (Å²) in [6.07, 6.45) is 6.69. The third-order valence-corrected chi connectivity index (χ3v) is 2.73. The summed E-state index contributed by atoms with van der Waals surface area (Å²) >= 11 is 3.38. The van der Waals surface area contributed by atoms with Gasteiger partial charge in [0.05, 0.1) is 5.52 Å². The Labute approximate surface area is 103 Å². The van der Waals surface area contributed by atoms with E-state index in [0.29, 0.717) is 5.82 Å². The van der Waals surface area contributed by atoms with Gasteiger partial charge in [-0.05, 0) is 24.1 Å². The Balaban J connectivity index is 2.39. The van der Waals surface area contributed by atoms with E-state index >= 15 is 0 Å². The van der Waals surface area contributed by atoms with Crippen molar-refractivity contribution in [3.8, 4) is 0 Å². The molecule has 0 atom stereocenters. The van der Waals surface area contributed by atoms with Crippen molar-refractivity contribution >= 4 is 38.7 Å². The zero-order chi connectivity index (χ0) is 11.4. The molecule has 0 unspecified atom stereocenters. The molecule has 0 aliphatic carbocycles. The van der Waals surface area contributed by atoms with Crippen LogP contribution in [0.4, 0.5) is 5.82 Å². The van der Waals surface area contributed by atoms with Crippen molar-refractivity contribution in [3.05, 3.63) is 36.2 Å². The largest absolute Gasteiger partial charge is 0.383 e. The molecule has 16 heavy (non-hydrogen) atoms. The number of rotatable bonds is 3. The number of hydrogen-bond donors (Lipinski definition) is 1. The zero-order valence-electron chi connectivity index (χ0n) is 8.73. The Hall–Kier alpha value is -1.42. The smallest absolute Gasteiger partial charge is 0.134 e. The molecule has 1 aromatic heterocycles. The van der Waals surface area contributed by atoms with Gasteiger partial charge in [-0.25, -0.2) is 9.97 Å². The van der Waals surface area contributed by atoms with Gasteiger partial charge in [-0.3, -0.25) is 0 Å². The maximum absolute atomic E-state index is 5.80. The number of nitrogens with two attached hydrogens (primary N) is 1. The van der Waals surface area contributed by atoms with E-state index in [1.807, 2.05) is 18.2 Å². The van der Waals surface area contributed by atoms with Crippen LogP contribution in [0, 0.1) is 0 Å². The molecule has 1 aromatic carbocycles. The number of fused-ring (bicyclic) bond motifs is 1. The highest BCUT2D eigenvalue weighted by Crippen LogP contribution is 2.18. The van der Waals surface area contributed by atoms with Crippen molar-refractivity contribution in [2.24, 2.45) is 0 Å². The summed E-state index contributed by atoms with van der Waals surface area (Å²) in [5, 5.41) is 1.88. The molecular weight excluding hydrogens is 266 g/mol. The van der Waals surface area contributed by atoms with E-state index in [-0.39, 0.29) is 0 Å². The van der Waals surface area contributed by atoms with Crippen molar-refractivity contribution in [2.45, 2.75) is 6.42 Å². The lowest BCUT2D eigenvalue weighted by atomic mass is 10.1. The van der Waals surface area contributed by atoms with Gasteiger partial charge in [-0.2, -0.15) is 0 Å². The molecule has 0 saturated carbocycles. The maximum atomic E-state index is 5.80. The molecule has 1 heterocycles. The average Bonchev–Trinajstić information content (AvgIpc) is 2.30. The lowest BCUT2D eigenvalue weighted by Crippen LogP contribution is -1.93. The van der Waals surface area contributed by atoms with Crippen molar-refractivity contribution < 1.29 is 0 Å². The summed E-state index contributed by atoms with van der Waals surface area (Å²) in [5.41, 5.74) is 7.80. The molecular formula is C12H12BrN3. The highest BCUT2D eigenvalue weighted by atomic mass is 79.9. The number of hydrogen-bond acceptors (Lipinski definition) is 3. The van der Waals surface area contributed by atoms with E-state index in [1.165, 1.54) is 6.33 Å². The standard InChI is InChI=1S/C12H12BrN3/c13-6-2-1-3-9-4-5-11-10(7-9)12(14)16-8-15-11/h1,3-5,7-8H,2,6H2,(H2,14,15,16). The first-order valence-electron chi connectivity index (χ1n) is 5.04. The lowest BCUT2D eigenvalue weighted by Gasteiger charge is -2.01. The quantitative estimate of drug-likeness (QED) is 0.878. The summed E-state index contributed by atoms with van der Waals surface area (Å²) in [4.78, 5) is 8.14. The van der Waals surface area contributed by atoms with Gasteiger partial charge in [0.15, 0.2) is 0 Å². The molecule has 0 amide bonds. The summed E-state index contributed by atoms with van der Waals surface area (Å²) in [7, 11) is 0. The zero-order valence-corrected chi connectivity index (χ0v) is 10.3. The number of anilines is 1. The first kappa shape index (κ1) is 11.1. The Morgan fingerprint density at radius 2 is 2.19 bits per heavy atom. The normalized spacial score (nSPS) is 11.3. The Bertz CT molecular complexity index is 523. The van der Waals surface area contributed by atoms with Crippen LogP contribution in [0.25, 0.3) is 17.0 Å². The highest BCUT2D eigenvalue weighted by Gasteiger charge is 1.99. The Morgan fingerprint density at radius 3 is 3.00 bits per heavy atom. The van der Waals surface area contributed by atoms with Crippen LogP contribution in [0.2, 0.25) is 0 Å². The number of allylic oxidation sites excluding steroid dienone is 1. The molecule has 0 bridgehead atoms. The van der Waals surface area contributed by atoms with Crippen LogP contribution < -0.4 is 5.73 Å². The van der Waals surface area contributed by atoms with Gasteiger partial charge in [0.25, 0.3) is 0 Å². The van der Waals surface area contributed by atoms with Crippen LogP contribution in [0.5, 0.6) is 0 Å². The molecule has 82 valence electrons. The number of aromatic nitrogens is 2. The van der Waals surface area contributed by atoms with Crippen molar-refractivity contribution in [1.82, 2.24) is 9.97 Å². The monoisotopic (exact) mass is 277 g/mol. The molecule has 2 N–H and O–H groups in total. The van der Waals surface area contributed by atoms with E-state index in [2.05, 4.69) is 38.0 Å². The van der Waals surface area contributed by atoms with Gasteiger partial charge < -0.3 is 5.73 Å². The minimum absolute atomic E-state index is 0.528. The third-order valence-electron chi connectivity index (χ3n) is 2.28. The molecule has 0 spiro atoms. The molecule has 0 fully saturated rings. The van der Waals surface area contributed by atoms with Crippen LogP contribution in [0.1, 0.15) is 12.0 Å². The van der Waals surface area contributed by atoms with Gasteiger partial charge in [0, 0.05) is 10.7 Å². The maximum Gasteiger partial charge on any atom is 0.134 e. The molecule has 2 aromatic rings. The van der Waals surface area contributed by atoms with E-state index in [9.17, 15) is 0 Å². The molecule has 0 aliphatic rings.